The van der Waals surface area contributed by atoms with Crippen LogP contribution in [0, 0.1) is 13.8 Å². The summed E-state index contributed by atoms with van der Waals surface area (Å²) in [6.07, 6.45) is -4.38. The third kappa shape index (κ3) is 2.71. The molecule has 0 spiro atoms. The molecule has 0 radical (unpaired) electrons. The van der Waals surface area contributed by atoms with E-state index in [2.05, 4.69) is 0 Å². The van der Waals surface area contributed by atoms with Crippen molar-refractivity contribution in [3.05, 3.63) is 56.8 Å². The maximum Gasteiger partial charge on any atom is 0.416 e. The number of thiophene rings is 1. The zero-order chi connectivity index (χ0) is 14.2. The molecule has 0 bridgehead atoms. The van der Waals surface area contributed by atoms with Gasteiger partial charge >= 0.3 is 6.18 Å². The molecule has 1 nitrogen and oxygen atoms in total. The number of hydrogen-bond donors (Lipinski definition) is 0. The van der Waals surface area contributed by atoms with E-state index in [4.69, 9.17) is 0 Å². The summed E-state index contributed by atoms with van der Waals surface area (Å²) in [4.78, 5) is 12.2. The summed E-state index contributed by atoms with van der Waals surface area (Å²) in [5, 5.41) is 3.56. The molecule has 0 amide bonds. The molecule has 0 N–H and O–H groups in total. The fourth-order valence-corrected chi connectivity index (χ4v) is 2.66. The van der Waals surface area contributed by atoms with Crippen molar-refractivity contribution >= 4 is 17.1 Å². The fraction of sp³-hybridized carbons (Fsp3) is 0.214. The molecule has 0 aliphatic carbocycles. The lowest BCUT2D eigenvalue weighted by Crippen LogP contribution is -2.09. The predicted molar refractivity (Wildman–Crippen MR) is 68.7 cm³/mol. The molecule has 0 aliphatic rings. The van der Waals surface area contributed by atoms with Gasteiger partial charge in [-0.1, -0.05) is 6.07 Å². The molecule has 0 fully saturated rings. The molecule has 1 aromatic heterocycles. The van der Waals surface area contributed by atoms with E-state index in [-0.39, 0.29) is 5.78 Å². The Hall–Kier alpha value is -1.62. The van der Waals surface area contributed by atoms with Gasteiger partial charge in [0, 0.05) is 16.5 Å². The molecule has 2 rings (SSSR count). The first kappa shape index (κ1) is 13.8. The van der Waals surface area contributed by atoms with Crippen LogP contribution in [0.25, 0.3) is 0 Å². The van der Waals surface area contributed by atoms with Gasteiger partial charge in [-0.25, -0.2) is 0 Å². The molecule has 0 saturated heterocycles. The highest BCUT2D eigenvalue weighted by atomic mass is 32.1. The van der Waals surface area contributed by atoms with Crippen molar-refractivity contribution < 1.29 is 18.0 Å². The minimum Gasteiger partial charge on any atom is -0.289 e. The third-order valence-corrected chi connectivity index (χ3v) is 3.76. The lowest BCUT2D eigenvalue weighted by molar-refractivity contribution is -0.137. The number of benzene rings is 1. The SMILES string of the molecule is Cc1cc(C(F)(F)F)ccc1C(=O)c1cscc1C. The highest BCUT2D eigenvalue weighted by molar-refractivity contribution is 7.08. The van der Waals surface area contributed by atoms with Gasteiger partial charge in [0.25, 0.3) is 0 Å². The minimum absolute atomic E-state index is 0.232. The summed E-state index contributed by atoms with van der Waals surface area (Å²) in [6.45, 7) is 3.33. The number of ketones is 1. The third-order valence-electron chi connectivity index (χ3n) is 2.90. The number of halogens is 3. The summed E-state index contributed by atoms with van der Waals surface area (Å²) < 4.78 is 37.7. The van der Waals surface area contributed by atoms with Gasteiger partial charge in [0.05, 0.1) is 5.56 Å². The zero-order valence-corrected chi connectivity index (χ0v) is 11.2. The van der Waals surface area contributed by atoms with Gasteiger partial charge < -0.3 is 0 Å². The predicted octanol–water partition coefficient (Wildman–Crippen LogP) is 4.61. The first-order chi connectivity index (χ1) is 8.80. The molecule has 100 valence electrons. The Kier molecular flexibility index (Phi) is 3.49. The second-order valence-electron chi connectivity index (χ2n) is 4.33. The maximum atomic E-state index is 12.6. The summed E-state index contributed by atoms with van der Waals surface area (Å²) in [7, 11) is 0. The van der Waals surface area contributed by atoms with Gasteiger partial charge in [-0.3, -0.25) is 4.79 Å². The summed E-state index contributed by atoms with van der Waals surface area (Å²) in [6, 6.07) is 3.20. The van der Waals surface area contributed by atoms with E-state index in [9.17, 15) is 18.0 Å². The summed E-state index contributed by atoms with van der Waals surface area (Å²) in [5.74, 6) is -0.232. The van der Waals surface area contributed by atoms with Gasteiger partial charge in [0.1, 0.15) is 0 Å². The lowest BCUT2D eigenvalue weighted by atomic mass is 9.97. The maximum absolute atomic E-state index is 12.6. The molecule has 19 heavy (non-hydrogen) atoms. The van der Waals surface area contributed by atoms with E-state index in [0.29, 0.717) is 16.7 Å². The minimum atomic E-state index is -4.38. The van der Waals surface area contributed by atoms with Crippen molar-refractivity contribution in [1.82, 2.24) is 0 Å². The smallest absolute Gasteiger partial charge is 0.289 e. The molecule has 0 aliphatic heterocycles. The quantitative estimate of drug-likeness (QED) is 0.736. The second kappa shape index (κ2) is 4.81. The van der Waals surface area contributed by atoms with Crippen LogP contribution in [0.1, 0.15) is 32.6 Å². The van der Waals surface area contributed by atoms with E-state index in [0.717, 1.165) is 17.7 Å². The highest BCUT2D eigenvalue weighted by Crippen LogP contribution is 2.31. The number of carbonyl (C=O) groups excluding carboxylic acids is 1. The standard InChI is InChI=1S/C14H11F3OS/c1-8-5-10(14(15,16)17)3-4-11(8)13(18)12-7-19-6-9(12)2/h3-7H,1-2H3. The van der Waals surface area contributed by atoms with Crippen LogP contribution in [0.2, 0.25) is 0 Å². The zero-order valence-electron chi connectivity index (χ0n) is 10.3. The van der Waals surface area contributed by atoms with Crippen molar-refractivity contribution in [1.29, 1.82) is 0 Å². The molecular weight excluding hydrogens is 273 g/mol. The molecule has 2 aromatic rings. The average Bonchev–Trinajstić information content (AvgIpc) is 2.73. The molecule has 0 unspecified atom stereocenters. The first-order valence-corrected chi connectivity index (χ1v) is 6.50. The van der Waals surface area contributed by atoms with Crippen molar-refractivity contribution in [3.8, 4) is 0 Å². The van der Waals surface area contributed by atoms with Gasteiger partial charge in [-0.05, 0) is 42.5 Å². The number of alkyl halides is 3. The number of carbonyl (C=O) groups is 1. The van der Waals surface area contributed by atoms with Crippen LogP contribution in [0.15, 0.2) is 29.0 Å². The second-order valence-corrected chi connectivity index (χ2v) is 5.07. The van der Waals surface area contributed by atoms with Crippen molar-refractivity contribution in [3.63, 3.8) is 0 Å². The largest absolute Gasteiger partial charge is 0.416 e. The Labute approximate surface area is 112 Å². The van der Waals surface area contributed by atoms with Gasteiger partial charge in [-0.2, -0.15) is 24.5 Å². The molecule has 0 saturated carbocycles. The van der Waals surface area contributed by atoms with E-state index in [1.54, 1.807) is 5.38 Å². The Bertz CT molecular complexity index is 626. The fourth-order valence-electron chi connectivity index (χ4n) is 1.83. The first-order valence-electron chi connectivity index (χ1n) is 5.56. The van der Waals surface area contributed by atoms with E-state index < -0.39 is 11.7 Å². The Morgan fingerprint density at radius 1 is 1.05 bits per heavy atom. The number of hydrogen-bond acceptors (Lipinski definition) is 2. The Balaban J connectivity index is 2.43. The highest BCUT2D eigenvalue weighted by Gasteiger charge is 2.31. The number of aryl methyl sites for hydroxylation is 2. The van der Waals surface area contributed by atoms with Gasteiger partial charge in [0.15, 0.2) is 5.78 Å². The number of rotatable bonds is 2. The van der Waals surface area contributed by atoms with Crippen molar-refractivity contribution in [2.75, 3.05) is 0 Å². The van der Waals surface area contributed by atoms with E-state index >= 15 is 0 Å². The summed E-state index contributed by atoms with van der Waals surface area (Å²) >= 11 is 1.40. The van der Waals surface area contributed by atoms with Crippen LogP contribution in [0.5, 0.6) is 0 Å². The molecule has 5 heteroatoms. The lowest BCUT2D eigenvalue weighted by Gasteiger charge is -2.10. The van der Waals surface area contributed by atoms with Crippen LogP contribution in [-0.4, -0.2) is 5.78 Å². The molecule has 0 atom stereocenters. The molecule has 1 aromatic carbocycles. The van der Waals surface area contributed by atoms with Gasteiger partial charge in [-0.15, -0.1) is 0 Å². The van der Waals surface area contributed by atoms with Crippen LogP contribution >= 0.6 is 11.3 Å². The van der Waals surface area contributed by atoms with Crippen molar-refractivity contribution in [2.45, 2.75) is 20.0 Å². The van der Waals surface area contributed by atoms with E-state index in [1.165, 1.54) is 24.3 Å². The van der Waals surface area contributed by atoms with E-state index in [1.807, 2.05) is 12.3 Å². The van der Waals surface area contributed by atoms with Crippen molar-refractivity contribution in [2.24, 2.45) is 0 Å². The molecular formula is C14H11F3OS. The topological polar surface area (TPSA) is 17.1 Å². The van der Waals surface area contributed by atoms with Crippen LogP contribution in [0.3, 0.4) is 0 Å². The van der Waals surface area contributed by atoms with Crippen LogP contribution in [-0.2, 0) is 6.18 Å². The monoisotopic (exact) mass is 284 g/mol. The Morgan fingerprint density at radius 3 is 2.21 bits per heavy atom. The summed E-state index contributed by atoms with van der Waals surface area (Å²) in [5.41, 5.74) is 1.31. The molecule has 1 heterocycles. The Morgan fingerprint density at radius 2 is 1.74 bits per heavy atom. The normalized spacial score (nSPS) is 11.6. The van der Waals surface area contributed by atoms with Gasteiger partial charge in [0.2, 0.25) is 0 Å². The average molecular weight is 284 g/mol. The van der Waals surface area contributed by atoms with Crippen LogP contribution in [0.4, 0.5) is 13.2 Å². The van der Waals surface area contributed by atoms with Crippen LogP contribution < -0.4 is 0 Å².